The lowest BCUT2D eigenvalue weighted by molar-refractivity contribution is -0.125. The van der Waals surface area contributed by atoms with Crippen molar-refractivity contribution in [3.8, 4) is 5.75 Å². The number of nitrogens with zero attached hydrogens (tertiary/aromatic N) is 1. The lowest BCUT2D eigenvalue weighted by Crippen LogP contribution is -2.44. The molecule has 1 aliphatic rings. The van der Waals surface area contributed by atoms with Crippen LogP contribution in [0.5, 0.6) is 5.75 Å². The van der Waals surface area contributed by atoms with Gasteiger partial charge in [0.1, 0.15) is 5.75 Å². The molecule has 0 aliphatic heterocycles. The molecule has 9 heteroatoms. The number of aromatic nitrogens is 1. The van der Waals surface area contributed by atoms with Crippen molar-refractivity contribution < 1.29 is 19.4 Å². The van der Waals surface area contributed by atoms with Crippen LogP contribution in [0.25, 0.3) is 0 Å². The zero-order valence-corrected chi connectivity index (χ0v) is 16.4. The summed E-state index contributed by atoms with van der Waals surface area (Å²) < 4.78 is 8.15. The zero-order valence-electron chi connectivity index (χ0n) is 14.8. The summed E-state index contributed by atoms with van der Waals surface area (Å²) in [7, 11) is 1.68. The Kier molecular flexibility index (Phi) is 7.07. The number of carbonyl (C=O) groups is 2. The van der Waals surface area contributed by atoms with Crippen LogP contribution in [0.15, 0.2) is 21.5 Å². The van der Waals surface area contributed by atoms with Crippen LogP contribution in [0.1, 0.15) is 32.6 Å². The number of hydrogen-bond acceptors (Lipinski definition) is 4. The average Bonchev–Trinajstić information content (AvgIpc) is 2.59. The summed E-state index contributed by atoms with van der Waals surface area (Å²) in [4.78, 5) is 34.3. The molecule has 0 unspecified atom stereocenters. The number of hydrogen-bond donors (Lipinski definition) is 3. The van der Waals surface area contributed by atoms with E-state index in [1.807, 2.05) is 0 Å². The van der Waals surface area contributed by atoms with E-state index >= 15 is 0 Å². The van der Waals surface area contributed by atoms with Crippen LogP contribution < -0.4 is 20.9 Å². The van der Waals surface area contributed by atoms with Crippen LogP contribution in [0.3, 0.4) is 0 Å². The fourth-order valence-electron chi connectivity index (χ4n) is 2.85. The minimum Gasteiger partial charge on any atom is -0.489 e. The molecule has 2 rings (SSSR count). The van der Waals surface area contributed by atoms with Crippen molar-refractivity contribution in [1.29, 1.82) is 0 Å². The van der Waals surface area contributed by atoms with E-state index in [1.54, 1.807) is 20.2 Å². The van der Waals surface area contributed by atoms with Gasteiger partial charge in [0.05, 0.1) is 16.5 Å². The second-order valence-corrected chi connectivity index (χ2v) is 7.48. The molecule has 0 radical (unpaired) electrons. The Hall–Kier alpha value is -2.03. The smallest absolute Gasteiger partial charge is 0.404 e. The second kappa shape index (κ2) is 9.07. The molecule has 2 amide bonds. The Morgan fingerprint density at radius 1 is 1.38 bits per heavy atom. The standard InChI is InChI=1S/C17H24BrN3O5/c1-10(8-19-17(24)25)16(23)20-11-3-5-12(6-4-11)26-14-7-15(22)21(2)9-13(14)18/h7,9-12,19H,3-6,8H2,1-2H3,(H,20,23)(H,24,25)/t10-,11-,12-/m1/s1. The SMILES string of the molecule is C[C@H](CNC(=O)O)C(=O)N[C@H]1CC[C@H](Oc2cc(=O)n(C)cc2Br)CC1. The highest BCUT2D eigenvalue weighted by atomic mass is 79.9. The Morgan fingerprint density at radius 3 is 2.65 bits per heavy atom. The molecule has 1 heterocycles. The van der Waals surface area contributed by atoms with Crippen molar-refractivity contribution >= 4 is 27.9 Å². The minimum atomic E-state index is -1.13. The van der Waals surface area contributed by atoms with E-state index in [1.165, 1.54) is 10.6 Å². The van der Waals surface area contributed by atoms with Crippen LogP contribution in [0, 0.1) is 5.92 Å². The predicted molar refractivity (Wildman–Crippen MR) is 99.4 cm³/mol. The highest BCUT2D eigenvalue weighted by Crippen LogP contribution is 2.28. The molecule has 1 saturated carbocycles. The fraction of sp³-hybridized carbons (Fsp3) is 0.588. The zero-order chi connectivity index (χ0) is 19.3. The summed E-state index contributed by atoms with van der Waals surface area (Å²) in [6.07, 6.45) is 3.64. The van der Waals surface area contributed by atoms with Gasteiger partial charge in [0.25, 0.3) is 5.56 Å². The number of carbonyl (C=O) groups excluding carboxylic acids is 1. The Labute approximate surface area is 160 Å². The number of ether oxygens (including phenoxy) is 1. The normalized spacial score (nSPS) is 20.9. The van der Waals surface area contributed by atoms with Gasteiger partial charge >= 0.3 is 6.09 Å². The maximum atomic E-state index is 12.1. The molecule has 0 saturated heterocycles. The first-order valence-corrected chi connectivity index (χ1v) is 9.35. The third kappa shape index (κ3) is 5.76. The molecule has 1 aromatic rings. The van der Waals surface area contributed by atoms with Crippen molar-refractivity contribution in [2.45, 2.75) is 44.8 Å². The third-order valence-electron chi connectivity index (χ3n) is 4.47. The van der Waals surface area contributed by atoms with E-state index in [9.17, 15) is 14.4 Å². The van der Waals surface area contributed by atoms with E-state index in [-0.39, 0.29) is 30.2 Å². The number of carboxylic acid groups (broad SMARTS) is 1. The van der Waals surface area contributed by atoms with Gasteiger partial charge in [0.15, 0.2) is 0 Å². The summed E-state index contributed by atoms with van der Waals surface area (Å²) in [6, 6.07) is 1.52. The van der Waals surface area contributed by atoms with Crippen LogP contribution in [0.4, 0.5) is 4.79 Å². The topological polar surface area (TPSA) is 110 Å². The Bertz CT molecular complexity index is 713. The highest BCUT2D eigenvalue weighted by molar-refractivity contribution is 9.10. The maximum Gasteiger partial charge on any atom is 0.404 e. The van der Waals surface area contributed by atoms with E-state index in [2.05, 4.69) is 26.6 Å². The Balaban J connectivity index is 1.80. The molecular weight excluding hydrogens is 406 g/mol. The van der Waals surface area contributed by atoms with Crippen LogP contribution in [0.2, 0.25) is 0 Å². The van der Waals surface area contributed by atoms with E-state index < -0.39 is 12.0 Å². The number of rotatable bonds is 6. The molecule has 144 valence electrons. The largest absolute Gasteiger partial charge is 0.489 e. The van der Waals surface area contributed by atoms with Gasteiger partial charge in [0, 0.05) is 31.9 Å². The van der Waals surface area contributed by atoms with E-state index in [0.29, 0.717) is 5.75 Å². The van der Waals surface area contributed by atoms with Crippen molar-refractivity contribution in [2.75, 3.05) is 6.54 Å². The number of amides is 2. The van der Waals surface area contributed by atoms with Crippen LogP contribution >= 0.6 is 15.9 Å². The summed E-state index contributed by atoms with van der Waals surface area (Å²) in [5, 5.41) is 13.8. The highest BCUT2D eigenvalue weighted by Gasteiger charge is 2.25. The summed E-state index contributed by atoms with van der Waals surface area (Å²) in [5.74, 6) is -0.0389. The molecule has 1 atom stereocenters. The molecule has 0 aromatic carbocycles. The fourth-order valence-corrected chi connectivity index (χ4v) is 3.37. The lowest BCUT2D eigenvalue weighted by Gasteiger charge is -2.30. The molecule has 1 aliphatic carbocycles. The van der Waals surface area contributed by atoms with Gasteiger partial charge < -0.3 is 25.0 Å². The van der Waals surface area contributed by atoms with E-state index in [4.69, 9.17) is 9.84 Å². The molecule has 0 bridgehead atoms. The van der Waals surface area contributed by atoms with Crippen molar-refractivity contribution in [2.24, 2.45) is 13.0 Å². The molecule has 26 heavy (non-hydrogen) atoms. The number of nitrogens with one attached hydrogen (secondary N) is 2. The van der Waals surface area contributed by atoms with Crippen LogP contribution in [-0.2, 0) is 11.8 Å². The molecule has 1 fully saturated rings. The van der Waals surface area contributed by atoms with Crippen molar-refractivity contribution in [1.82, 2.24) is 15.2 Å². The monoisotopic (exact) mass is 429 g/mol. The Morgan fingerprint density at radius 2 is 2.04 bits per heavy atom. The maximum absolute atomic E-state index is 12.1. The van der Waals surface area contributed by atoms with Crippen molar-refractivity contribution in [3.05, 3.63) is 27.1 Å². The first-order valence-electron chi connectivity index (χ1n) is 8.56. The summed E-state index contributed by atoms with van der Waals surface area (Å²) in [5.41, 5.74) is -0.131. The van der Waals surface area contributed by atoms with E-state index in [0.717, 1.165) is 30.2 Å². The van der Waals surface area contributed by atoms with Gasteiger partial charge in [-0.3, -0.25) is 9.59 Å². The van der Waals surface area contributed by atoms with Gasteiger partial charge in [-0.05, 0) is 41.6 Å². The van der Waals surface area contributed by atoms with Gasteiger partial charge in [-0.1, -0.05) is 6.92 Å². The molecule has 8 nitrogen and oxygen atoms in total. The van der Waals surface area contributed by atoms with Crippen molar-refractivity contribution in [3.63, 3.8) is 0 Å². The number of aryl methyl sites for hydroxylation is 1. The van der Waals surface area contributed by atoms with Gasteiger partial charge in [-0.25, -0.2) is 4.79 Å². The predicted octanol–water partition coefficient (Wildman–Crippen LogP) is 1.86. The lowest BCUT2D eigenvalue weighted by atomic mass is 9.92. The first kappa shape index (κ1) is 20.3. The van der Waals surface area contributed by atoms with Gasteiger partial charge in [0.2, 0.25) is 5.91 Å². The average molecular weight is 430 g/mol. The molecule has 3 N–H and O–H groups in total. The van der Waals surface area contributed by atoms with Crippen LogP contribution in [-0.4, -0.2) is 40.4 Å². The third-order valence-corrected chi connectivity index (χ3v) is 5.06. The first-order chi connectivity index (χ1) is 12.3. The molecular formula is C17H24BrN3O5. The number of halogens is 1. The summed E-state index contributed by atoms with van der Waals surface area (Å²) in [6.45, 7) is 1.78. The molecule has 0 spiro atoms. The van der Waals surface area contributed by atoms with Gasteiger partial charge in [-0.2, -0.15) is 0 Å². The quantitative estimate of drug-likeness (QED) is 0.638. The molecule has 1 aromatic heterocycles. The van der Waals surface area contributed by atoms with Gasteiger partial charge in [-0.15, -0.1) is 0 Å². The minimum absolute atomic E-state index is 0.00217. The summed E-state index contributed by atoms with van der Waals surface area (Å²) >= 11 is 3.40. The number of pyridine rings is 1. The second-order valence-electron chi connectivity index (χ2n) is 6.62.